The number of pyridine rings is 1. The molecule has 0 saturated carbocycles. The van der Waals surface area contributed by atoms with Crippen LogP contribution < -0.4 is 5.32 Å². The second kappa shape index (κ2) is 6.33. The Morgan fingerprint density at radius 1 is 1.24 bits per heavy atom. The number of rotatable bonds is 6. The van der Waals surface area contributed by atoms with Crippen LogP contribution in [0.5, 0.6) is 0 Å². The summed E-state index contributed by atoms with van der Waals surface area (Å²) < 4.78 is 65.8. The van der Waals surface area contributed by atoms with Crippen LogP contribution in [0.25, 0.3) is 0 Å². The van der Waals surface area contributed by atoms with Crippen LogP contribution in [-0.4, -0.2) is 31.2 Å². The molecule has 0 aliphatic carbocycles. The highest BCUT2D eigenvalue weighted by molar-refractivity contribution is 5.35. The van der Waals surface area contributed by atoms with Crippen LogP contribution >= 0.6 is 0 Å². The average molecular weight is 256 g/mol. The molecule has 0 aliphatic rings. The van der Waals surface area contributed by atoms with Gasteiger partial charge in [0.2, 0.25) is 0 Å². The van der Waals surface area contributed by atoms with Crippen molar-refractivity contribution in [3.63, 3.8) is 0 Å². The van der Waals surface area contributed by atoms with E-state index >= 15 is 0 Å². The highest BCUT2D eigenvalue weighted by atomic mass is 19.3. The Kier molecular flexibility index (Phi) is 5.08. The quantitative estimate of drug-likeness (QED) is 0.481. The average Bonchev–Trinajstić information content (AvgIpc) is 2.24. The van der Waals surface area contributed by atoms with Crippen LogP contribution in [-0.2, 0) is 4.74 Å². The number of halogens is 5. The Hall–Kier alpha value is -1.44. The molecule has 0 fully saturated rings. The van der Waals surface area contributed by atoms with E-state index < -0.39 is 36.4 Å². The first-order valence-corrected chi connectivity index (χ1v) is 4.62. The normalized spacial score (nSPS) is 10.9. The van der Waals surface area contributed by atoms with Crippen LogP contribution in [0.1, 0.15) is 0 Å². The molecule has 0 bridgehead atoms. The number of anilines is 1. The Labute approximate surface area is 93.6 Å². The van der Waals surface area contributed by atoms with E-state index in [2.05, 4.69) is 15.0 Å². The fourth-order valence-electron chi connectivity index (χ4n) is 0.982. The maximum atomic E-state index is 13.0. The summed E-state index contributed by atoms with van der Waals surface area (Å²) in [5.41, 5.74) is 0. The van der Waals surface area contributed by atoms with E-state index in [1.165, 1.54) is 0 Å². The van der Waals surface area contributed by atoms with E-state index in [1.54, 1.807) is 0 Å². The van der Waals surface area contributed by atoms with Crippen molar-refractivity contribution in [1.29, 1.82) is 0 Å². The van der Waals surface area contributed by atoms with E-state index in [0.717, 1.165) is 0 Å². The van der Waals surface area contributed by atoms with Crippen molar-refractivity contribution in [3.8, 4) is 0 Å². The van der Waals surface area contributed by atoms with Crippen molar-refractivity contribution in [2.24, 2.45) is 0 Å². The minimum absolute atomic E-state index is 0.0539. The molecule has 1 rings (SSSR count). The second-order valence-corrected chi connectivity index (χ2v) is 2.98. The molecule has 0 saturated heterocycles. The molecule has 3 nitrogen and oxygen atoms in total. The zero-order valence-electron chi connectivity index (χ0n) is 8.52. The molecule has 96 valence electrons. The van der Waals surface area contributed by atoms with Gasteiger partial charge in [0.05, 0.1) is 6.61 Å². The monoisotopic (exact) mass is 256 g/mol. The summed E-state index contributed by atoms with van der Waals surface area (Å²) in [5.74, 6) is -4.41. The molecule has 0 atom stereocenters. The summed E-state index contributed by atoms with van der Waals surface area (Å²) in [5, 5.41) is 2.29. The summed E-state index contributed by atoms with van der Waals surface area (Å²) in [4.78, 5) is 2.97. The van der Waals surface area contributed by atoms with E-state index in [-0.39, 0.29) is 13.2 Å². The number of hydrogen-bond acceptors (Lipinski definition) is 3. The summed E-state index contributed by atoms with van der Waals surface area (Å²) in [6.45, 7) is -0.929. The van der Waals surface area contributed by atoms with Crippen molar-refractivity contribution in [2.75, 3.05) is 25.1 Å². The van der Waals surface area contributed by atoms with E-state index in [4.69, 9.17) is 0 Å². The van der Waals surface area contributed by atoms with Gasteiger partial charge in [-0.1, -0.05) is 0 Å². The molecule has 1 aromatic heterocycles. The predicted molar refractivity (Wildman–Crippen MR) is 49.4 cm³/mol. The molecule has 0 aliphatic heterocycles. The van der Waals surface area contributed by atoms with Crippen LogP contribution in [0.2, 0.25) is 0 Å². The summed E-state index contributed by atoms with van der Waals surface area (Å²) in [7, 11) is 0. The summed E-state index contributed by atoms with van der Waals surface area (Å²) in [6.07, 6.45) is -2.59. The summed E-state index contributed by atoms with van der Waals surface area (Å²) in [6, 6.07) is 0.338. The van der Waals surface area contributed by atoms with Gasteiger partial charge >= 0.3 is 0 Å². The highest BCUT2D eigenvalue weighted by Crippen LogP contribution is 2.13. The van der Waals surface area contributed by atoms with Gasteiger partial charge in [-0.3, -0.25) is 0 Å². The molecule has 0 spiro atoms. The van der Waals surface area contributed by atoms with Gasteiger partial charge in [-0.25, -0.2) is 17.6 Å². The lowest BCUT2D eigenvalue weighted by atomic mass is 10.4. The van der Waals surface area contributed by atoms with Crippen molar-refractivity contribution < 1.29 is 26.7 Å². The largest absolute Gasteiger partial charge is 0.374 e. The van der Waals surface area contributed by atoms with Crippen LogP contribution in [0.15, 0.2) is 6.07 Å². The van der Waals surface area contributed by atoms with E-state index in [1.807, 2.05) is 0 Å². The van der Waals surface area contributed by atoms with Crippen LogP contribution in [0, 0.1) is 17.6 Å². The third-order valence-electron chi connectivity index (χ3n) is 1.67. The molecular weight excluding hydrogens is 247 g/mol. The third-order valence-corrected chi connectivity index (χ3v) is 1.67. The van der Waals surface area contributed by atoms with Crippen molar-refractivity contribution in [3.05, 3.63) is 23.6 Å². The maximum absolute atomic E-state index is 13.0. The Balaban J connectivity index is 2.39. The minimum atomic E-state index is -2.59. The molecule has 0 unspecified atom stereocenters. The zero-order valence-corrected chi connectivity index (χ0v) is 8.52. The number of nitrogens with zero attached hydrogens (tertiary/aromatic N) is 1. The molecular formula is C9H9F5N2O. The highest BCUT2D eigenvalue weighted by Gasteiger charge is 2.11. The number of ether oxygens (including phenoxy) is 1. The van der Waals surface area contributed by atoms with Gasteiger partial charge in [0, 0.05) is 12.6 Å². The molecule has 17 heavy (non-hydrogen) atoms. The number of aromatic nitrogens is 1. The topological polar surface area (TPSA) is 34.1 Å². The van der Waals surface area contributed by atoms with Gasteiger partial charge in [-0.05, 0) is 0 Å². The lowest BCUT2D eigenvalue weighted by Crippen LogP contribution is -2.15. The number of nitrogens with one attached hydrogen (secondary N) is 1. The molecule has 1 heterocycles. The fourth-order valence-corrected chi connectivity index (χ4v) is 0.982. The van der Waals surface area contributed by atoms with Gasteiger partial charge < -0.3 is 10.1 Å². The first-order valence-electron chi connectivity index (χ1n) is 4.62. The van der Waals surface area contributed by atoms with E-state index in [9.17, 15) is 22.0 Å². The maximum Gasteiger partial charge on any atom is 0.261 e. The number of hydrogen-bond donors (Lipinski definition) is 1. The Morgan fingerprint density at radius 3 is 2.59 bits per heavy atom. The van der Waals surface area contributed by atoms with E-state index in [0.29, 0.717) is 6.07 Å². The number of alkyl halides is 2. The van der Waals surface area contributed by atoms with Crippen molar-refractivity contribution in [1.82, 2.24) is 4.98 Å². The lowest BCUT2D eigenvalue weighted by molar-refractivity contribution is 0.0214. The van der Waals surface area contributed by atoms with Gasteiger partial charge in [-0.15, -0.1) is 0 Å². The molecule has 0 aromatic carbocycles. The SMILES string of the molecule is Fc1cc(F)c(NCCOCC(F)F)nc1F. The Morgan fingerprint density at radius 2 is 1.94 bits per heavy atom. The molecule has 0 amide bonds. The summed E-state index contributed by atoms with van der Waals surface area (Å²) >= 11 is 0. The molecule has 0 radical (unpaired) electrons. The standard InChI is InChI=1S/C9H9F5N2O/c10-5-3-6(11)9(16-8(5)14)15-1-2-17-4-7(12)13/h3,7H,1-2,4H2,(H,15,16). The van der Waals surface area contributed by atoms with Gasteiger partial charge in [-0.2, -0.15) is 9.37 Å². The van der Waals surface area contributed by atoms with Crippen molar-refractivity contribution >= 4 is 5.82 Å². The smallest absolute Gasteiger partial charge is 0.261 e. The van der Waals surface area contributed by atoms with Gasteiger partial charge in [0.15, 0.2) is 17.5 Å². The predicted octanol–water partition coefficient (Wildman–Crippen LogP) is 2.19. The van der Waals surface area contributed by atoms with Gasteiger partial charge in [0.1, 0.15) is 6.61 Å². The lowest BCUT2D eigenvalue weighted by Gasteiger charge is -2.07. The minimum Gasteiger partial charge on any atom is -0.374 e. The zero-order chi connectivity index (χ0) is 12.8. The molecule has 1 aromatic rings. The molecule has 1 N–H and O–H groups in total. The fraction of sp³-hybridized carbons (Fsp3) is 0.444. The van der Waals surface area contributed by atoms with Gasteiger partial charge in [0.25, 0.3) is 12.4 Å². The third kappa shape index (κ3) is 4.51. The first-order chi connectivity index (χ1) is 8.00. The molecule has 8 heteroatoms. The first kappa shape index (κ1) is 13.6. The second-order valence-electron chi connectivity index (χ2n) is 2.98. The van der Waals surface area contributed by atoms with Crippen molar-refractivity contribution in [2.45, 2.75) is 6.43 Å². The van der Waals surface area contributed by atoms with Crippen LogP contribution in [0.3, 0.4) is 0 Å². The Bertz CT molecular complexity index is 375. The van der Waals surface area contributed by atoms with Crippen LogP contribution in [0.4, 0.5) is 27.8 Å².